The first kappa shape index (κ1) is 17.9. The molecular formula is C18H22N4O4. The zero-order valence-corrected chi connectivity index (χ0v) is 14.6. The standard InChI is InChI=1S/C18H22N4O4/c1-19-15(24)12-7-3-4-8-13(12)20-14(23)11-22-16(25)18(21-17(22)26)9-5-2-6-10-18/h3-4,7-8H,2,5-6,9-11H2,1H3,(H,19,24)(H,20,23)(H,21,26). The summed E-state index contributed by atoms with van der Waals surface area (Å²) >= 11 is 0. The van der Waals surface area contributed by atoms with Crippen LogP contribution in [0.2, 0.25) is 0 Å². The van der Waals surface area contributed by atoms with Gasteiger partial charge in [-0.05, 0) is 25.0 Å². The number of carbonyl (C=O) groups excluding carboxylic acids is 4. The van der Waals surface area contributed by atoms with Crippen LogP contribution in [0.15, 0.2) is 24.3 Å². The van der Waals surface area contributed by atoms with Crippen molar-refractivity contribution in [2.24, 2.45) is 0 Å². The van der Waals surface area contributed by atoms with E-state index in [0.29, 0.717) is 24.1 Å². The minimum Gasteiger partial charge on any atom is -0.355 e. The summed E-state index contributed by atoms with van der Waals surface area (Å²) in [5.41, 5.74) is -0.212. The lowest BCUT2D eigenvalue weighted by molar-refractivity contribution is -0.134. The van der Waals surface area contributed by atoms with Crippen molar-refractivity contribution in [1.82, 2.24) is 15.5 Å². The van der Waals surface area contributed by atoms with Crippen molar-refractivity contribution in [3.63, 3.8) is 0 Å². The van der Waals surface area contributed by atoms with Crippen molar-refractivity contribution in [1.29, 1.82) is 0 Å². The van der Waals surface area contributed by atoms with Gasteiger partial charge in [0.15, 0.2) is 0 Å². The summed E-state index contributed by atoms with van der Waals surface area (Å²) in [5, 5.41) is 7.88. The maximum absolute atomic E-state index is 12.7. The lowest BCUT2D eigenvalue weighted by atomic mass is 9.82. The number of anilines is 1. The lowest BCUT2D eigenvalue weighted by Gasteiger charge is -2.30. The zero-order valence-electron chi connectivity index (χ0n) is 14.6. The van der Waals surface area contributed by atoms with Gasteiger partial charge in [-0.1, -0.05) is 31.4 Å². The van der Waals surface area contributed by atoms with Crippen LogP contribution in [0, 0.1) is 0 Å². The Kier molecular flexibility index (Phi) is 4.92. The number of benzene rings is 1. The van der Waals surface area contributed by atoms with E-state index >= 15 is 0 Å². The number of nitrogens with zero attached hydrogens (tertiary/aromatic N) is 1. The fourth-order valence-electron chi connectivity index (χ4n) is 3.57. The van der Waals surface area contributed by atoms with Crippen LogP contribution in [0.1, 0.15) is 42.5 Å². The SMILES string of the molecule is CNC(=O)c1ccccc1NC(=O)CN1C(=O)NC2(CCCCC2)C1=O. The Morgan fingerprint density at radius 1 is 1.15 bits per heavy atom. The molecule has 8 nitrogen and oxygen atoms in total. The molecule has 1 spiro atoms. The van der Waals surface area contributed by atoms with Crippen LogP contribution in [0.25, 0.3) is 0 Å². The second-order valence-electron chi connectivity index (χ2n) is 6.64. The molecule has 0 unspecified atom stereocenters. The highest BCUT2D eigenvalue weighted by atomic mass is 16.2. The Hall–Kier alpha value is -2.90. The van der Waals surface area contributed by atoms with E-state index in [1.54, 1.807) is 24.3 Å². The Morgan fingerprint density at radius 2 is 1.85 bits per heavy atom. The quantitative estimate of drug-likeness (QED) is 0.704. The van der Waals surface area contributed by atoms with Gasteiger partial charge in [-0.25, -0.2) is 4.79 Å². The summed E-state index contributed by atoms with van der Waals surface area (Å²) in [6, 6.07) is 6.01. The normalized spacial score (nSPS) is 18.6. The van der Waals surface area contributed by atoms with Gasteiger partial charge < -0.3 is 16.0 Å². The van der Waals surface area contributed by atoms with Crippen molar-refractivity contribution in [3.8, 4) is 0 Å². The molecule has 0 bridgehead atoms. The molecule has 1 aliphatic carbocycles. The van der Waals surface area contributed by atoms with E-state index in [-0.39, 0.29) is 18.4 Å². The van der Waals surface area contributed by atoms with E-state index in [9.17, 15) is 19.2 Å². The van der Waals surface area contributed by atoms with Gasteiger partial charge in [0.2, 0.25) is 5.91 Å². The van der Waals surface area contributed by atoms with E-state index in [1.807, 2.05) is 0 Å². The number of para-hydroxylation sites is 1. The summed E-state index contributed by atoms with van der Waals surface area (Å²) in [4.78, 5) is 50.1. The number of carbonyl (C=O) groups is 4. The number of hydrogen-bond acceptors (Lipinski definition) is 4. The molecule has 26 heavy (non-hydrogen) atoms. The van der Waals surface area contributed by atoms with Crippen LogP contribution in [-0.4, -0.2) is 47.8 Å². The molecule has 1 aliphatic heterocycles. The predicted octanol–water partition coefficient (Wildman–Crippen LogP) is 1.24. The number of rotatable bonds is 4. The number of nitrogens with one attached hydrogen (secondary N) is 3. The summed E-state index contributed by atoms with van der Waals surface area (Å²) in [5.74, 6) is -1.20. The summed E-state index contributed by atoms with van der Waals surface area (Å²) < 4.78 is 0. The van der Waals surface area contributed by atoms with Gasteiger partial charge in [0.1, 0.15) is 12.1 Å². The van der Waals surface area contributed by atoms with Crippen molar-refractivity contribution in [2.45, 2.75) is 37.6 Å². The molecule has 5 amide bonds. The van der Waals surface area contributed by atoms with Crippen LogP contribution in [0.3, 0.4) is 0 Å². The molecule has 1 saturated heterocycles. The van der Waals surface area contributed by atoms with Crippen molar-refractivity contribution >= 4 is 29.4 Å². The molecular weight excluding hydrogens is 336 g/mol. The van der Waals surface area contributed by atoms with Gasteiger partial charge in [0.05, 0.1) is 11.3 Å². The highest BCUT2D eigenvalue weighted by molar-refractivity contribution is 6.11. The van der Waals surface area contributed by atoms with Crippen LogP contribution >= 0.6 is 0 Å². The first-order valence-electron chi connectivity index (χ1n) is 8.72. The number of amides is 5. The second kappa shape index (κ2) is 7.15. The van der Waals surface area contributed by atoms with Crippen molar-refractivity contribution in [2.75, 3.05) is 18.9 Å². The number of imide groups is 1. The minimum absolute atomic E-state index is 0.310. The predicted molar refractivity (Wildman–Crippen MR) is 94.5 cm³/mol. The van der Waals surface area contributed by atoms with Crippen LogP contribution in [-0.2, 0) is 9.59 Å². The molecule has 3 rings (SSSR count). The Morgan fingerprint density at radius 3 is 2.54 bits per heavy atom. The third kappa shape index (κ3) is 3.26. The van der Waals surface area contributed by atoms with E-state index < -0.39 is 17.5 Å². The Bertz CT molecular complexity index is 755. The van der Waals surface area contributed by atoms with Gasteiger partial charge in [0, 0.05) is 7.05 Å². The summed E-state index contributed by atoms with van der Waals surface area (Å²) in [6.45, 7) is -0.380. The first-order chi connectivity index (χ1) is 12.5. The summed E-state index contributed by atoms with van der Waals surface area (Å²) in [7, 11) is 1.50. The van der Waals surface area contributed by atoms with Gasteiger partial charge in [-0.15, -0.1) is 0 Å². The van der Waals surface area contributed by atoms with Crippen LogP contribution in [0.4, 0.5) is 10.5 Å². The van der Waals surface area contributed by atoms with Crippen molar-refractivity contribution in [3.05, 3.63) is 29.8 Å². The molecule has 1 heterocycles. The highest BCUT2D eigenvalue weighted by Gasteiger charge is 2.51. The van der Waals surface area contributed by atoms with Gasteiger partial charge >= 0.3 is 6.03 Å². The third-order valence-corrected chi connectivity index (χ3v) is 4.93. The average molecular weight is 358 g/mol. The maximum Gasteiger partial charge on any atom is 0.325 e. The largest absolute Gasteiger partial charge is 0.355 e. The lowest BCUT2D eigenvalue weighted by Crippen LogP contribution is -2.48. The van der Waals surface area contributed by atoms with Gasteiger partial charge in [0.25, 0.3) is 11.8 Å². The maximum atomic E-state index is 12.7. The highest BCUT2D eigenvalue weighted by Crippen LogP contribution is 2.33. The molecule has 0 aromatic heterocycles. The number of hydrogen-bond donors (Lipinski definition) is 3. The molecule has 3 N–H and O–H groups in total. The number of urea groups is 1. The monoisotopic (exact) mass is 358 g/mol. The molecule has 8 heteroatoms. The fraction of sp³-hybridized carbons (Fsp3) is 0.444. The molecule has 2 aliphatic rings. The second-order valence-corrected chi connectivity index (χ2v) is 6.64. The minimum atomic E-state index is -0.852. The van der Waals surface area contributed by atoms with E-state index in [0.717, 1.165) is 24.2 Å². The first-order valence-corrected chi connectivity index (χ1v) is 8.72. The smallest absolute Gasteiger partial charge is 0.325 e. The summed E-state index contributed by atoms with van der Waals surface area (Å²) in [6.07, 6.45) is 4.02. The van der Waals surface area contributed by atoms with Crippen molar-refractivity contribution < 1.29 is 19.2 Å². The zero-order chi connectivity index (χ0) is 18.7. The van der Waals surface area contributed by atoms with E-state index in [2.05, 4.69) is 16.0 Å². The topological polar surface area (TPSA) is 108 Å². The van der Waals surface area contributed by atoms with Gasteiger partial charge in [-0.2, -0.15) is 0 Å². The molecule has 1 aromatic rings. The molecule has 2 fully saturated rings. The Balaban J connectivity index is 1.70. The fourth-order valence-corrected chi connectivity index (χ4v) is 3.57. The van der Waals surface area contributed by atoms with E-state index in [4.69, 9.17) is 0 Å². The molecule has 0 radical (unpaired) electrons. The average Bonchev–Trinajstić information content (AvgIpc) is 2.86. The van der Waals surface area contributed by atoms with E-state index in [1.165, 1.54) is 7.05 Å². The van der Waals surface area contributed by atoms with Crippen LogP contribution < -0.4 is 16.0 Å². The Labute approximate surface area is 151 Å². The van der Waals surface area contributed by atoms with Gasteiger partial charge in [-0.3, -0.25) is 19.3 Å². The molecule has 1 aromatic carbocycles. The molecule has 0 atom stereocenters. The van der Waals surface area contributed by atoms with Crippen LogP contribution in [0.5, 0.6) is 0 Å². The molecule has 1 saturated carbocycles. The third-order valence-electron chi connectivity index (χ3n) is 4.93. The molecule has 138 valence electrons.